The van der Waals surface area contributed by atoms with Gasteiger partial charge in [-0.1, -0.05) is 12.1 Å². The number of nitrogens with two attached hydrogens (primary N) is 1. The lowest BCUT2D eigenvalue weighted by molar-refractivity contribution is 0.414. The Labute approximate surface area is 111 Å². The summed E-state index contributed by atoms with van der Waals surface area (Å²) in [6, 6.07) is 11.9. The highest BCUT2D eigenvalue weighted by atomic mass is 32.2. The van der Waals surface area contributed by atoms with Gasteiger partial charge < -0.3 is 14.9 Å². The molecule has 2 rings (SSSR count). The quantitative estimate of drug-likeness (QED) is 0.869. The smallest absolute Gasteiger partial charge is 0.119 e. The molecule has 1 aromatic heterocycles. The van der Waals surface area contributed by atoms with E-state index >= 15 is 0 Å². The Bertz CT molecular complexity index is 470. The van der Waals surface area contributed by atoms with Crippen molar-refractivity contribution in [1.29, 1.82) is 0 Å². The van der Waals surface area contributed by atoms with Crippen molar-refractivity contribution in [3.63, 3.8) is 0 Å². The van der Waals surface area contributed by atoms with Gasteiger partial charge in [-0.2, -0.15) is 0 Å². The maximum atomic E-state index is 5.84. The van der Waals surface area contributed by atoms with Gasteiger partial charge in [-0.05, 0) is 29.8 Å². The number of methoxy groups -OCH3 is 1. The first-order chi connectivity index (χ1) is 8.83. The van der Waals surface area contributed by atoms with Crippen LogP contribution in [0.15, 0.2) is 47.1 Å². The van der Waals surface area contributed by atoms with E-state index in [-0.39, 0.29) is 5.25 Å². The fraction of sp³-hybridized carbons (Fsp3) is 0.286. The fourth-order valence-electron chi connectivity index (χ4n) is 1.72. The minimum absolute atomic E-state index is 0.255. The van der Waals surface area contributed by atoms with Crippen LogP contribution < -0.4 is 10.5 Å². The van der Waals surface area contributed by atoms with E-state index in [2.05, 4.69) is 6.07 Å². The normalized spacial score (nSPS) is 12.3. The molecule has 1 unspecified atom stereocenters. The molecule has 18 heavy (non-hydrogen) atoms. The van der Waals surface area contributed by atoms with Gasteiger partial charge >= 0.3 is 0 Å². The Morgan fingerprint density at radius 3 is 2.89 bits per heavy atom. The molecule has 0 amide bonds. The van der Waals surface area contributed by atoms with Crippen molar-refractivity contribution < 1.29 is 9.15 Å². The van der Waals surface area contributed by atoms with E-state index in [1.165, 1.54) is 5.56 Å². The minimum Gasteiger partial charge on any atom is -0.497 e. The number of hydrogen-bond acceptors (Lipinski definition) is 4. The zero-order valence-corrected chi connectivity index (χ0v) is 11.2. The highest BCUT2D eigenvalue weighted by Gasteiger charge is 2.12. The molecule has 96 valence electrons. The second-order valence-electron chi connectivity index (χ2n) is 3.89. The molecular formula is C14H17NO2S. The largest absolute Gasteiger partial charge is 0.497 e. The van der Waals surface area contributed by atoms with Crippen molar-refractivity contribution in [1.82, 2.24) is 0 Å². The second-order valence-corrected chi connectivity index (χ2v) is 5.08. The molecule has 0 saturated carbocycles. The van der Waals surface area contributed by atoms with Crippen LogP contribution in [-0.2, 0) is 5.75 Å². The average Bonchev–Trinajstić information content (AvgIpc) is 2.93. The van der Waals surface area contributed by atoms with Crippen LogP contribution in [0.2, 0.25) is 0 Å². The van der Waals surface area contributed by atoms with E-state index in [1.807, 2.05) is 30.3 Å². The summed E-state index contributed by atoms with van der Waals surface area (Å²) in [6.45, 7) is 0.596. The monoisotopic (exact) mass is 263 g/mol. The van der Waals surface area contributed by atoms with Crippen LogP contribution in [0.1, 0.15) is 16.6 Å². The molecule has 1 heterocycles. The van der Waals surface area contributed by atoms with Crippen LogP contribution in [0.4, 0.5) is 0 Å². The van der Waals surface area contributed by atoms with Gasteiger partial charge in [0.2, 0.25) is 0 Å². The summed E-state index contributed by atoms with van der Waals surface area (Å²) in [6.07, 6.45) is 1.69. The molecule has 0 bridgehead atoms. The van der Waals surface area contributed by atoms with Crippen molar-refractivity contribution in [2.45, 2.75) is 11.0 Å². The van der Waals surface area contributed by atoms with Crippen LogP contribution >= 0.6 is 11.8 Å². The first kappa shape index (κ1) is 13.1. The van der Waals surface area contributed by atoms with E-state index in [9.17, 15) is 0 Å². The molecule has 0 spiro atoms. The molecule has 2 aromatic rings. The zero-order valence-electron chi connectivity index (χ0n) is 10.3. The number of rotatable bonds is 6. The van der Waals surface area contributed by atoms with Crippen LogP contribution in [-0.4, -0.2) is 13.7 Å². The minimum atomic E-state index is 0.255. The predicted octanol–water partition coefficient (Wildman–Crippen LogP) is 3.22. The van der Waals surface area contributed by atoms with Crippen LogP contribution in [0, 0.1) is 0 Å². The summed E-state index contributed by atoms with van der Waals surface area (Å²) in [5, 5.41) is 0.255. The molecule has 0 saturated heterocycles. The van der Waals surface area contributed by atoms with Crippen LogP contribution in [0.25, 0.3) is 0 Å². The molecule has 0 aliphatic rings. The van der Waals surface area contributed by atoms with E-state index in [0.29, 0.717) is 6.54 Å². The average molecular weight is 263 g/mol. The molecule has 0 aliphatic carbocycles. The lowest BCUT2D eigenvalue weighted by atomic mass is 10.1. The first-order valence-corrected chi connectivity index (χ1v) is 6.86. The Hall–Kier alpha value is -1.39. The summed E-state index contributed by atoms with van der Waals surface area (Å²) in [4.78, 5) is 0. The number of furan rings is 1. The van der Waals surface area contributed by atoms with Gasteiger partial charge in [0.25, 0.3) is 0 Å². The molecule has 2 N–H and O–H groups in total. The number of hydrogen-bond donors (Lipinski definition) is 1. The number of thioether (sulfide) groups is 1. The molecule has 1 aromatic carbocycles. The summed E-state index contributed by atoms with van der Waals surface area (Å²) >= 11 is 1.78. The Balaban J connectivity index is 2.03. The van der Waals surface area contributed by atoms with Gasteiger partial charge in [-0.25, -0.2) is 0 Å². The molecular weight excluding hydrogens is 246 g/mol. The predicted molar refractivity (Wildman–Crippen MR) is 74.8 cm³/mol. The fourth-order valence-corrected chi connectivity index (χ4v) is 2.72. The van der Waals surface area contributed by atoms with Gasteiger partial charge in [0.05, 0.1) is 19.1 Å². The summed E-state index contributed by atoms with van der Waals surface area (Å²) in [7, 11) is 1.67. The van der Waals surface area contributed by atoms with E-state index in [1.54, 1.807) is 25.1 Å². The maximum Gasteiger partial charge on any atom is 0.119 e. The van der Waals surface area contributed by atoms with E-state index in [0.717, 1.165) is 17.3 Å². The molecule has 0 fully saturated rings. The van der Waals surface area contributed by atoms with Crippen molar-refractivity contribution in [2.75, 3.05) is 13.7 Å². The number of benzene rings is 1. The standard InChI is InChI=1S/C14H17NO2S/c1-16-12-5-2-4-11(8-12)14(9-15)18-10-13-6-3-7-17-13/h2-8,14H,9-10,15H2,1H3. The number of ether oxygens (including phenoxy) is 1. The molecule has 0 aliphatic heterocycles. The van der Waals surface area contributed by atoms with E-state index in [4.69, 9.17) is 14.9 Å². The third kappa shape index (κ3) is 3.31. The lowest BCUT2D eigenvalue weighted by Gasteiger charge is -2.15. The van der Waals surface area contributed by atoms with Crippen molar-refractivity contribution >= 4 is 11.8 Å². The van der Waals surface area contributed by atoms with Crippen LogP contribution in [0.5, 0.6) is 5.75 Å². The molecule has 0 radical (unpaired) electrons. The van der Waals surface area contributed by atoms with Gasteiger partial charge in [0.15, 0.2) is 0 Å². The highest BCUT2D eigenvalue weighted by Crippen LogP contribution is 2.32. The van der Waals surface area contributed by atoms with Gasteiger partial charge in [-0.3, -0.25) is 0 Å². The van der Waals surface area contributed by atoms with Gasteiger partial charge in [0, 0.05) is 11.8 Å². The summed E-state index contributed by atoms with van der Waals surface area (Å²) in [5.41, 5.74) is 7.03. The molecule has 3 nitrogen and oxygen atoms in total. The third-order valence-electron chi connectivity index (χ3n) is 2.69. The second kappa shape index (κ2) is 6.52. The van der Waals surface area contributed by atoms with Crippen molar-refractivity contribution in [3.8, 4) is 5.75 Å². The molecule has 4 heteroatoms. The van der Waals surface area contributed by atoms with Gasteiger partial charge in [-0.15, -0.1) is 11.8 Å². The summed E-state index contributed by atoms with van der Waals surface area (Å²) < 4.78 is 10.6. The Kier molecular flexibility index (Phi) is 4.73. The van der Waals surface area contributed by atoms with Crippen molar-refractivity contribution in [2.24, 2.45) is 5.73 Å². The van der Waals surface area contributed by atoms with Crippen LogP contribution in [0.3, 0.4) is 0 Å². The summed E-state index contributed by atoms with van der Waals surface area (Å²) in [5.74, 6) is 2.66. The third-order valence-corrected chi connectivity index (χ3v) is 4.00. The first-order valence-electron chi connectivity index (χ1n) is 5.81. The zero-order chi connectivity index (χ0) is 12.8. The van der Waals surface area contributed by atoms with Gasteiger partial charge in [0.1, 0.15) is 11.5 Å². The van der Waals surface area contributed by atoms with Crippen molar-refractivity contribution in [3.05, 3.63) is 54.0 Å². The van der Waals surface area contributed by atoms with E-state index < -0.39 is 0 Å². The molecule has 1 atom stereocenters. The maximum absolute atomic E-state index is 5.84. The Morgan fingerprint density at radius 2 is 2.22 bits per heavy atom. The lowest BCUT2D eigenvalue weighted by Crippen LogP contribution is -2.09. The topological polar surface area (TPSA) is 48.4 Å². The Morgan fingerprint density at radius 1 is 1.33 bits per heavy atom. The highest BCUT2D eigenvalue weighted by molar-refractivity contribution is 7.98. The SMILES string of the molecule is COc1cccc(C(CN)SCc2ccco2)c1.